The second kappa shape index (κ2) is 14.0. The minimum absolute atomic E-state index is 0.103. The summed E-state index contributed by atoms with van der Waals surface area (Å²) in [6, 6.07) is 2.04. The maximum atomic E-state index is 13.9. The summed E-state index contributed by atoms with van der Waals surface area (Å²) < 4.78 is 96.6. The van der Waals surface area contributed by atoms with Crippen LogP contribution in [0.3, 0.4) is 0 Å². The molecule has 2 heterocycles. The number of halogens is 5. The number of rotatable bonds is 12. The fraction of sp³-hybridized carbons (Fsp3) is 0.905. The molecule has 0 amide bonds. The zero-order chi connectivity index (χ0) is 27.7. The minimum atomic E-state index is -5.41. The molecule has 0 aromatic rings. The Bertz CT molecular complexity index is 766. The summed E-state index contributed by atoms with van der Waals surface area (Å²) in [5.74, 6) is -5.58. The van der Waals surface area contributed by atoms with Crippen LogP contribution in [0.15, 0.2) is 0 Å². The zero-order valence-electron chi connectivity index (χ0n) is 21.5. The van der Waals surface area contributed by atoms with Gasteiger partial charge in [-0.05, 0) is 57.0 Å². The van der Waals surface area contributed by atoms with E-state index in [4.69, 9.17) is 17.4 Å². The molecule has 37 heavy (non-hydrogen) atoms. The van der Waals surface area contributed by atoms with Gasteiger partial charge in [0.25, 0.3) is 9.28 Å². The van der Waals surface area contributed by atoms with Crippen molar-refractivity contribution in [3.05, 3.63) is 0 Å². The standard InChI is InChI=1S/C21H37F5O8Si3/c1-35-33-36(2,12-7-9-29-15-20(23,30-16-22)21(24,25)26)11-5-4-10-31-37(3,34-35)13-6-8-17-14-18(27)32-19(17)28/h17,35H,4-16H2,1-3H3. The van der Waals surface area contributed by atoms with Crippen molar-refractivity contribution in [3.8, 4) is 0 Å². The van der Waals surface area contributed by atoms with Crippen LogP contribution in [0.4, 0.5) is 22.0 Å². The molecule has 0 spiro atoms. The smallest absolute Gasteiger partial charge is 0.438 e. The van der Waals surface area contributed by atoms with Crippen molar-refractivity contribution < 1.29 is 58.4 Å². The van der Waals surface area contributed by atoms with Gasteiger partial charge in [0.1, 0.15) is 6.61 Å². The molecule has 0 saturated carbocycles. The summed E-state index contributed by atoms with van der Waals surface area (Å²) in [6.07, 6.45) is -2.12. The molecule has 0 aliphatic carbocycles. The number of hydrogen-bond acceptors (Lipinski definition) is 8. The fourth-order valence-corrected chi connectivity index (χ4v) is 16.6. The van der Waals surface area contributed by atoms with Crippen molar-refractivity contribution in [2.24, 2.45) is 5.92 Å². The van der Waals surface area contributed by atoms with Gasteiger partial charge in [0.2, 0.25) is 0 Å². The topological polar surface area (TPSA) is 89.5 Å². The Balaban J connectivity index is 1.84. The van der Waals surface area contributed by atoms with Gasteiger partial charge in [-0.15, -0.1) is 0 Å². The Morgan fingerprint density at radius 1 is 1.08 bits per heavy atom. The molecule has 0 bridgehead atoms. The number of carbonyl (C=O) groups excluding carboxylic acids is 2. The fourth-order valence-electron chi connectivity index (χ4n) is 4.53. The molecule has 0 aromatic heterocycles. The molecule has 2 rings (SSSR count). The molecular formula is C21H37F5O8Si3. The first-order valence-corrected chi connectivity index (χ1v) is 19.9. The van der Waals surface area contributed by atoms with Crippen LogP contribution in [0.5, 0.6) is 0 Å². The van der Waals surface area contributed by atoms with E-state index in [1.165, 1.54) is 0 Å². The number of carbonyl (C=O) groups is 2. The highest BCUT2D eigenvalue weighted by molar-refractivity contribution is 6.81. The SMILES string of the molecule is C[SiH]1O[Si](C)(CCCOCC(F)(OCF)C(F)(F)F)CCCCO[Si](C)(CCCC2CC(=O)OC2=O)O1. The van der Waals surface area contributed by atoms with E-state index in [-0.39, 0.29) is 13.0 Å². The highest BCUT2D eigenvalue weighted by Crippen LogP contribution is 2.36. The summed E-state index contributed by atoms with van der Waals surface area (Å²) >= 11 is 0. The van der Waals surface area contributed by atoms with E-state index in [1.807, 2.05) is 19.6 Å². The predicted molar refractivity (Wildman–Crippen MR) is 129 cm³/mol. The Kier molecular flexibility index (Phi) is 12.3. The van der Waals surface area contributed by atoms with E-state index in [9.17, 15) is 31.5 Å². The van der Waals surface area contributed by atoms with Gasteiger partial charge < -0.3 is 26.9 Å². The second-order valence-corrected chi connectivity index (χ2v) is 19.9. The van der Waals surface area contributed by atoms with E-state index in [0.29, 0.717) is 38.0 Å². The Morgan fingerprint density at radius 3 is 2.43 bits per heavy atom. The molecule has 5 atom stereocenters. The molecule has 216 valence electrons. The number of esters is 2. The van der Waals surface area contributed by atoms with Crippen molar-refractivity contribution >= 4 is 38.1 Å². The lowest BCUT2D eigenvalue weighted by atomic mass is 10.0. The van der Waals surface area contributed by atoms with Crippen molar-refractivity contribution in [1.29, 1.82) is 0 Å². The third kappa shape index (κ3) is 10.4. The first-order valence-electron chi connectivity index (χ1n) is 12.5. The lowest BCUT2D eigenvalue weighted by Crippen LogP contribution is -2.49. The van der Waals surface area contributed by atoms with Crippen LogP contribution in [-0.4, -0.2) is 76.8 Å². The summed E-state index contributed by atoms with van der Waals surface area (Å²) in [6.45, 7) is 2.95. The lowest BCUT2D eigenvalue weighted by Gasteiger charge is -2.37. The van der Waals surface area contributed by atoms with Crippen LogP contribution < -0.4 is 0 Å². The minimum Gasteiger partial charge on any atom is -0.438 e. The van der Waals surface area contributed by atoms with E-state index in [2.05, 4.69) is 9.47 Å². The van der Waals surface area contributed by atoms with Crippen molar-refractivity contribution in [1.82, 2.24) is 0 Å². The highest BCUT2D eigenvalue weighted by Gasteiger charge is 2.58. The van der Waals surface area contributed by atoms with Crippen LogP contribution in [0.1, 0.15) is 38.5 Å². The number of cyclic esters (lactones) is 2. The van der Waals surface area contributed by atoms with Gasteiger partial charge in [0.05, 0.1) is 12.3 Å². The van der Waals surface area contributed by atoms with E-state index in [1.54, 1.807) is 0 Å². The monoisotopic (exact) mass is 596 g/mol. The number of hydrogen-bond donors (Lipinski definition) is 0. The maximum absolute atomic E-state index is 13.9. The molecule has 0 radical (unpaired) electrons. The molecule has 2 saturated heterocycles. The summed E-state index contributed by atoms with van der Waals surface area (Å²) in [5, 5.41) is 0. The van der Waals surface area contributed by atoms with Gasteiger partial charge in [0, 0.05) is 13.2 Å². The molecule has 2 aliphatic heterocycles. The lowest BCUT2D eigenvalue weighted by molar-refractivity contribution is -0.353. The van der Waals surface area contributed by atoms with Crippen molar-refractivity contribution in [2.75, 3.05) is 26.7 Å². The van der Waals surface area contributed by atoms with E-state index >= 15 is 0 Å². The normalized spacial score (nSPS) is 31.7. The van der Waals surface area contributed by atoms with Crippen LogP contribution in [0.2, 0.25) is 37.8 Å². The predicted octanol–water partition coefficient (Wildman–Crippen LogP) is 4.78. The van der Waals surface area contributed by atoms with Crippen molar-refractivity contribution in [2.45, 2.75) is 88.3 Å². The molecule has 16 heteroatoms. The zero-order valence-corrected chi connectivity index (χ0v) is 24.7. The van der Waals surface area contributed by atoms with Gasteiger partial charge in [-0.25, -0.2) is 4.39 Å². The Hall–Kier alpha value is -0.759. The Labute approximate surface area is 217 Å². The average Bonchev–Trinajstić information content (AvgIpc) is 3.09. The first kappa shape index (κ1) is 32.5. The van der Waals surface area contributed by atoms with Crippen LogP contribution in [-0.2, 0) is 36.5 Å². The van der Waals surface area contributed by atoms with Crippen LogP contribution in [0.25, 0.3) is 0 Å². The van der Waals surface area contributed by atoms with Gasteiger partial charge in [-0.1, -0.05) is 12.8 Å². The molecule has 5 unspecified atom stereocenters. The van der Waals surface area contributed by atoms with Gasteiger partial charge in [-0.3, -0.25) is 9.59 Å². The van der Waals surface area contributed by atoms with E-state index < -0.39 is 69.5 Å². The van der Waals surface area contributed by atoms with Crippen molar-refractivity contribution in [3.63, 3.8) is 0 Å². The third-order valence-electron chi connectivity index (χ3n) is 6.51. The van der Waals surface area contributed by atoms with E-state index in [0.717, 1.165) is 18.9 Å². The molecule has 2 aliphatic rings. The molecule has 0 N–H and O–H groups in total. The van der Waals surface area contributed by atoms with Crippen LogP contribution in [0, 0.1) is 5.92 Å². The summed E-state index contributed by atoms with van der Waals surface area (Å²) in [4.78, 5) is 23.0. The molecule has 2 fully saturated rings. The largest absolute Gasteiger partial charge is 0.450 e. The van der Waals surface area contributed by atoms with Gasteiger partial charge in [0.15, 0.2) is 15.2 Å². The first-order chi connectivity index (χ1) is 17.2. The molecular weight excluding hydrogens is 559 g/mol. The third-order valence-corrected chi connectivity index (χ3v) is 18.3. The molecule has 0 aromatic carbocycles. The summed E-state index contributed by atoms with van der Waals surface area (Å²) in [7, 11) is -7.03. The average molecular weight is 597 g/mol. The van der Waals surface area contributed by atoms with Gasteiger partial charge in [-0.2, -0.15) is 17.6 Å². The summed E-state index contributed by atoms with van der Waals surface area (Å²) in [5.41, 5.74) is 0. The quantitative estimate of drug-likeness (QED) is 0.105. The Morgan fingerprint density at radius 2 is 1.81 bits per heavy atom. The maximum Gasteiger partial charge on any atom is 0.450 e. The van der Waals surface area contributed by atoms with Crippen LogP contribution >= 0.6 is 0 Å². The number of ether oxygens (including phenoxy) is 3. The molecule has 8 nitrogen and oxygen atoms in total. The number of alkyl halides is 5. The van der Waals surface area contributed by atoms with Gasteiger partial charge >= 0.3 is 32.5 Å². The highest BCUT2D eigenvalue weighted by atomic mass is 28.5. The second-order valence-electron chi connectivity index (χ2n) is 9.91.